The highest BCUT2D eigenvalue weighted by Crippen LogP contribution is 2.43. The Labute approximate surface area is 124 Å². The molecule has 0 bridgehead atoms. The Morgan fingerprint density at radius 3 is 2.70 bits per heavy atom. The molecule has 112 valence electrons. The molecule has 0 radical (unpaired) electrons. The summed E-state index contributed by atoms with van der Waals surface area (Å²) in [4.78, 5) is 5.48. The SMILES string of the molecule is Cc1nc(C)c(C(O)C2CCOC3(CCOCC3)C2)s1. The maximum atomic E-state index is 10.7. The normalized spacial score (nSPS) is 27.6. The maximum absolute atomic E-state index is 10.7. The van der Waals surface area contributed by atoms with Gasteiger partial charge in [-0.1, -0.05) is 0 Å². The van der Waals surface area contributed by atoms with Gasteiger partial charge in [-0.3, -0.25) is 0 Å². The van der Waals surface area contributed by atoms with Crippen molar-refractivity contribution in [1.29, 1.82) is 0 Å². The van der Waals surface area contributed by atoms with Crippen molar-refractivity contribution in [3.8, 4) is 0 Å². The van der Waals surface area contributed by atoms with Crippen LogP contribution in [-0.4, -0.2) is 35.5 Å². The molecule has 1 aromatic heterocycles. The average molecular weight is 297 g/mol. The fraction of sp³-hybridized carbons (Fsp3) is 0.800. The summed E-state index contributed by atoms with van der Waals surface area (Å²) in [6.07, 6.45) is 3.38. The first-order valence-corrected chi connectivity index (χ1v) is 8.25. The predicted molar refractivity (Wildman–Crippen MR) is 78.0 cm³/mol. The summed E-state index contributed by atoms with van der Waals surface area (Å²) in [6, 6.07) is 0. The largest absolute Gasteiger partial charge is 0.387 e. The van der Waals surface area contributed by atoms with Crippen LogP contribution in [0.2, 0.25) is 0 Å². The third-order valence-corrected chi connectivity index (χ3v) is 5.73. The van der Waals surface area contributed by atoms with Gasteiger partial charge < -0.3 is 14.6 Å². The highest BCUT2D eigenvalue weighted by atomic mass is 32.1. The zero-order chi connectivity index (χ0) is 14.2. The standard InChI is InChI=1S/C15H23NO3S/c1-10-14(20-11(2)16-10)13(17)12-3-6-19-15(9-12)4-7-18-8-5-15/h12-13,17H,3-9H2,1-2H3. The van der Waals surface area contributed by atoms with E-state index in [1.807, 2.05) is 13.8 Å². The van der Waals surface area contributed by atoms with E-state index in [2.05, 4.69) is 4.98 Å². The number of hydrogen-bond acceptors (Lipinski definition) is 5. The van der Waals surface area contributed by atoms with E-state index in [4.69, 9.17) is 9.47 Å². The number of rotatable bonds is 2. The molecule has 0 aromatic carbocycles. The van der Waals surface area contributed by atoms with Gasteiger partial charge in [0.2, 0.25) is 0 Å². The van der Waals surface area contributed by atoms with Crippen LogP contribution in [0.3, 0.4) is 0 Å². The van der Waals surface area contributed by atoms with E-state index >= 15 is 0 Å². The lowest BCUT2D eigenvalue weighted by Crippen LogP contribution is -2.45. The topological polar surface area (TPSA) is 51.6 Å². The van der Waals surface area contributed by atoms with Crippen LogP contribution in [0.1, 0.15) is 47.4 Å². The smallest absolute Gasteiger partial charge is 0.0930 e. The number of hydrogen-bond donors (Lipinski definition) is 1. The van der Waals surface area contributed by atoms with Crippen molar-refractivity contribution in [2.75, 3.05) is 19.8 Å². The predicted octanol–water partition coefficient (Wildman–Crippen LogP) is 2.77. The van der Waals surface area contributed by atoms with Crippen molar-refractivity contribution in [3.05, 3.63) is 15.6 Å². The summed E-state index contributed by atoms with van der Waals surface area (Å²) in [7, 11) is 0. The van der Waals surface area contributed by atoms with Crippen molar-refractivity contribution >= 4 is 11.3 Å². The highest BCUT2D eigenvalue weighted by molar-refractivity contribution is 7.11. The number of thiazole rings is 1. The van der Waals surface area contributed by atoms with E-state index in [9.17, 15) is 5.11 Å². The van der Waals surface area contributed by atoms with E-state index in [1.54, 1.807) is 11.3 Å². The lowest BCUT2D eigenvalue weighted by atomic mass is 9.78. The molecule has 2 aliphatic heterocycles. The van der Waals surface area contributed by atoms with Crippen LogP contribution in [0.15, 0.2) is 0 Å². The minimum atomic E-state index is -0.398. The second kappa shape index (κ2) is 5.72. The number of aromatic nitrogens is 1. The summed E-state index contributed by atoms with van der Waals surface area (Å²) in [5.74, 6) is 0.278. The van der Waals surface area contributed by atoms with Crippen LogP contribution in [0.25, 0.3) is 0 Å². The van der Waals surface area contributed by atoms with Crippen LogP contribution in [0.4, 0.5) is 0 Å². The molecule has 2 fully saturated rings. The van der Waals surface area contributed by atoms with Crippen LogP contribution in [0.5, 0.6) is 0 Å². The van der Waals surface area contributed by atoms with Crippen molar-refractivity contribution < 1.29 is 14.6 Å². The zero-order valence-electron chi connectivity index (χ0n) is 12.2. The molecule has 0 aliphatic carbocycles. The maximum Gasteiger partial charge on any atom is 0.0930 e. The molecule has 20 heavy (non-hydrogen) atoms. The summed E-state index contributed by atoms with van der Waals surface area (Å²) < 4.78 is 11.5. The molecule has 3 heterocycles. The van der Waals surface area contributed by atoms with Crippen molar-refractivity contribution in [3.63, 3.8) is 0 Å². The molecule has 5 heteroatoms. The van der Waals surface area contributed by atoms with Gasteiger partial charge in [0, 0.05) is 19.8 Å². The van der Waals surface area contributed by atoms with Gasteiger partial charge in [0.15, 0.2) is 0 Å². The Morgan fingerprint density at radius 1 is 1.30 bits per heavy atom. The first-order valence-electron chi connectivity index (χ1n) is 7.43. The van der Waals surface area contributed by atoms with E-state index in [1.165, 1.54) is 0 Å². The number of aryl methyl sites for hydroxylation is 2. The number of aliphatic hydroxyl groups excluding tert-OH is 1. The van der Waals surface area contributed by atoms with Gasteiger partial charge in [0.05, 0.1) is 27.3 Å². The lowest BCUT2D eigenvalue weighted by Gasteiger charge is -2.44. The second-order valence-electron chi connectivity index (χ2n) is 6.02. The molecule has 2 saturated heterocycles. The molecule has 2 aliphatic rings. The Kier molecular flexibility index (Phi) is 4.13. The average Bonchev–Trinajstić information content (AvgIpc) is 2.78. The van der Waals surface area contributed by atoms with Gasteiger partial charge in [0.25, 0.3) is 0 Å². The summed E-state index contributed by atoms with van der Waals surface area (Å²) in [6.45, 7) is 6.30. The molecule has 1 aromatic rings. The first kappa shape index (κ1) is 14.4. The van der Waals surface area contributed by atoms with E-state index in [0.717, 1.165) is 61.1 Å². The molecule has 2 unspecified atom stereocenters. The molecule has 0 saturated carbocycles. The minimum absolute atomic E-state index is 0.0597. The highest BCUT2D eigenvalue weighted by Gasteiger charge is 2.41. The molecule has 2 atom stereocenters. The summed E-state index contributed by atoms with van der Waals surface area (Å²) >= 11 is 1.62. The van der Waals surface area contributed by atoms with Gasteiger partial charge in [-0.25, -0.2) is 4.98 Å². The fourth-order valence-corrected chi connectivity index (χ4v) is 4.47. The Hall–Kier alpha value is -0.490. The zero-order valence-corrected chi connectivity index (χ0v) is 13.0. The molecule has 0 amide bonds. The number of aliphatic hydroxyl groups is 1. The molecular weight excluding hydrogens is 274 g/mol. The van der Waals surface area contributed by atoms with Crippen LogP contribution >= 0.6 is 11.3 Å². The molecule has 1 spiro atoms. The Bertz CT molecular complexity index is 462. The first-order chi connectivity index (χ1) is 9.60. The van der Waals surface area contributed by atoms with E-state index in [-0.39, 0.29) is 11.5 Å². The Balaban J connectivity index is 1.74. The van der Waals surface area contributed by atoms with Gasteiger partial charge in [-0.2, -0.15) is 0 Å². The summed E-state index contributed by atoms with van der Waals surface area (Å²) in [5, 5.41) is 11.8. The van der Waals surface area contributed by atoms with Crippen LogP contribution in [-0.2, 0) is 9.47 Å². The van der Waals surface area contributed by atoms with Gasteiger partial charge >= 0.3 is 0 Å². The molecule has 3 rings (SSSR count). The van der Waals surface area contributed by atoms with Gasteiger partial charge in [0.1, 0.15) is 0 Å². The number of ether oxygens (including phenoxy) is 2. The van der Waals surface area contributed by atoms with E-state index < -0.39 is 6.10 Å². The molecule has 1 N–H and O–H groups in total. The van der Waals surface area contributed by atoms with Crippen molar-refractivity contribution in [2.45, 2.75) is 51.2 Å². The van der Waals surface area contributed by atoms with Crippen LogP contribution < -0.4 is 0 Å². The third kappa shape index (κ3) is 2.77. The van der Waals surface area contributed by atoms with Crippen molar-refractivity contribution in [1.82, 2.24) is 4.98 Å². The van der Waals surface area contributed by atoms with Gasteiger partial charge in [-0.05, 0) is 45.4 Å². The quantitative estimate of drug-likeness (QED) is 0.912. The lowest BCUT2D eigenvalue weighted by molar-refractivity contribution is -0.158. The molecule has 4 nitrogen and oxygen atoms in total. The van der Waals surface area contributed by atoms with Gasteiger partial charge in [-0.15, -0.1) is 11.3 Å². The molecular formula is C15H23NO3S. The van der Waals surface area contributed by atoms with E-state index in [0.29, 0.717) is 0 Å². The van der Waals surface area contributed by atoms with Crippen LogP contribution in [0, 0.1) is 19.8 Å². The minimum Gasteiger partial charge on any atom is -0.387 e. The third-order valence-electron chi connectivity index (χ3n) is 4.59. The second-order valence-corrected chi connectivity index (χ2v) is 7.26. The fourth-order valence-electron chi connectivity index (χ4n) is 3.46. The van der Waals surface area contributed by atoms with Crippen molar-refractivity contribution in [2.24, 2.45) is 5.92 Å². The monoisotopic (exact) mass is 297 g/mol. The Morgan fingerprint density at radius 2 is 2.05 bits per heavy atom. The number of nitrogens with zero attached hydrogens (tertiary/aromatic N) is 1. The summed E-state index contributed by atoms with van der Waals surface area (Å²) in [5.41, 5.74) is 0.919.